The Hall–Kier alpha value is -0.770. The molecule has 0 bridgehead atoms. The van der Waals surface area contributed by atoms with Crippen molar-refractivity contribution in [1.29, 1.82) is 0 Å². The quantitative estimate of drug-likeness (QED) is 0.249. The molecule has 0 radical (unpaired) electrons. The van der Waals surface area contributed by atoms with Crippen LogP contribution >= 0.6 is 0 Å². The fourth-order valence-electron chi connectivity index (χ4n) is 0.766. The van der Waals surface area contributed by atoms with Crippen molar-refractivity contribution in [2.24, 2.45) is 11.6 Å². The largest absolute Gasteiger partial charge is 0.394 e. The van der Waals surface area contributed by atoms with Gasteiger partial charge < -0.3 is 31.0 Å². The van der Waals surface area contributed by atoms with E-state index in [0.29, 0.717) is 0 Å². The lowest BCUT2D eigenvalue weighted by atomic mass is 10.0. The fraction of sp³-hybridized carbons (Fsp3) is 0.833. The molecule has 0 rings (SSSR count). The van der Waals surface area contributed by atoms with Gasteiger partial charge in [0.25, 0.3) is 0 Å². The molecule has 8 N–H and O–H groups in total. The zero-order valence-electron chi connectivity index (χ0n) is 7.28. The fourth-order valence-corrected chi connectivity index (χ4v) is 0.766. The maximum atomic E-state index is 10.7. The van der Waals surface area contributed by atoms with Gasteiger partial charge in [-0.1, -0.05) is 0 Å². The average molecular weight is 210 g/mol. The van der Waals surface area contributed by atoms with Crippen LogP contribution in [0.25, 0.3) is 0 Å². The molecular weight excluding hydrogens is 196 g/mol. The predicted octanol–water partition coefficient (Wildman–Crippen LogP) is -4.19. The molecule has 0 aromatic carbocycles. The zero-order valence-corrected chi connectivity index (χ0v) is 7.28. The number of aliphatic hydroxyl groups is 4. The molecule has 0 aliphatic rings. The van der Waals surface area contributed by atoms with Crippen molar-refractivity contribution in [3.05, 3.63) is 0 Å². The summed E-state index contributed by atoms with van der Waals surface area (Å²) < 4.78 is 0. The number of carbonyl (C=O) groups excluding carboxylic acids is 1. The van der Waals surface area contributed by atoms with E-state index in [1.165, 1.54) is 0 Å². The third-order valence-corrected chi connectivity index (χ3v) is 1.69. The highest BCUT2D eigenvalue weighted by Gasteiger charge is 2.33. The Labute approximate surface area is 79.6 Å². The summed E-state index contributed by atoms with van der Waals surface area (Å²) in [4.78, 5) is 14.4. The summed E-state index contributed by atoms with van der Waals surface area (Å²) in [7, 11) is 0. The van der Waals surface area contributed by atoms with Gasteiger partial charge in [-0.2, -0.15) is 5.90 Å². The average Bonchev–Trinajstić information content (AvgIpc) is 2.23. The summed E-state index contributed by atoms with van der Waals surface area (Å²) in [6.45, 7) is -0.775. The van der Waals surface area contributed by atoms with Crippen LogP contribution in [-0.4, -0.2) is 57.4 Å². The van der Waals surface area contributed by atoms with Gasteiger partial charge in [-0.25, -0.2) is 4.79 Å². The SMILES string of the molecule is NOC(=O)[C@H](N)[C@@H](O)[C@H](O)[C@H](O)CO. The number of nitrogens with two attached hydrogens (primary N) is 2. The molecule has 0 unspecified atom stereocenters. The molecular formula is C6H14N2O6. The molecule has 8 heteroatoms. The highest BCUT2D eigenvalue weighted by Crippen LogP contribution is 2.04. The number of hydrogen-bond acceptors (Lipinski definition) is 8. The van der Waals surface area contributed by atoms with E-state index < -0.39 is 36.9 Å². The molecule has 0 saturated carbocycles. The van der Waals surface area contributed by atoms with Crippen molar-refractivity contribution >= 4 is 5.97 Å². The highest BCUT2D eigenvalue weighted by atomic mass is 16.7. The van der Waals surface area contributed by atoms with E-state index >= 15 is 0 Å². The first-order valence-corrected chi connectivity index (χ1v) is 3.77. The van der Waals surface area contributed by atoms with E-state index in [1.54, 1.807) is 0 Å². The number of carbonyl (C=O) groups is 1. The van der Waals surface area contributed by atoms with Gasteiger partial charge in [0.15, 0.2) is 0 Å². The molecule has 0 heterocycles. The minimum absolute atomic E-state index is 0.775. The van der Waals surface area contributed by atoms with Crippen molar-refractivity contribution in [1.82, 2.24) is 0 Å². The standard InChI is InChI=1S/C6H14N2O6/c7-3(6(13)14-8)5(12)4(11)2(10)1-9/h2-5,9-12H,1,7-8H2/t2-,3-,4-,5-/m1/s1. The van der Waals surface area contributed by atoms with E-state index in [-0.39, 0.29) is 0 Å². The lowest BCUT2D eigenvalue weighted by Crippen LogP contribution is -2.53. The second-order valence-corrected chi connectivity index (χ2v) is 2.69. The van der Waals surface area contributed by atoms with Gasteiger partial charge in [0.05, 0.1) is 6.61 Å². The number of aliphatic hydroxyl groups excluding tert-OH is 4. The van der Waals surface area contributed by atoms with Crippen LogP contribution in [0, 0.1) is 0 Å². The van der Waals surface area contributed by atoms with E-state index in [2.05, 4.69) is 10.7 Å². The third kappa shape index (κ3) is 3.18. The van der Waals surface area contributed by atoms with E-state index in [0.717, 1.165) is 0 Å². The molecule has 0 aliphatic carbocycles. The van der Waals surface area contributed by atoms with Gasteiger partial charge in [-0.15, -0.1) is 0 Å². The first-order chi connectivity index (χ1) is 6.45. The molecule has 0 aromatic rings. The van der Waals surface area contributed by atoms with Crippen molar-refractivity contribution in [2.75, 3.05) is 6.61 Å². The first kappa shape index (κ1) is 13.2. The van der Waals surface area contributed by atoms with Crippen molar-refractivity contribution in [3.63, 3.8) is 0 Å². The Kier molecular flexibility index (Phi) is 5.53. The third-order valence-electron chi connectivity index (χ3n) is 1.69. The van der Waals surface area contributed by atoms with Crippen LogP contribution in [0.1, 0.15) is 0 Å². The van der Waals surface area contributed by atoms with Crippen molar-refractivity contribution in [3.8, 4) is 0 Å². The van der Waals surface area contributed by atoms with Crippen molar-refractivity contribution < 1.29 is 30.1 Å². The van der Waals surface area contributed by atoms with E-state index in [9.17, 15) is 9.90 Å². The monoisotopic (exact) mass is 210 g/mol. The van der Waals surface area contributed by atoms with Gasteiger partial charge in [0.1, 0.15) is 24.4 Å². The van der Waals surface area contributed by atoms with Crippen LogP contribution in [0.5, 0.6) is 0 Å². The number of rotatable bonds is 5. The molecule has 0 spiro atoms. The molecule has 4 atom stereocenters. The van der Waals surface area contributed by atoms with Gasteiger partial charge >= 0.3 is 5.97 Å². The first-order valence-electron chi connectivity index (χ1n) is 3.77. The van der Waals surface area contributed by atoms with Gasteiger partial charge in [-0.05, 0) is 0 Å². The maximum absolute atomic E-state index is 10.7. The summed E-state index contributed by atoms with van der Waals surface area (Å²) in [5.41, 5.74) is 5.11. The molecule has 8 nitrogen and oxygen atoms in total. The van der Waals surface area contributed by atoms with Crippen LogP contribution in [0.4, 0.5) is 0 Å². The normalized spacial score (nSPS) is 19.6. The molecule has 0 aromatic heterocycles. The molecule has 0 aliphatic heterocycles. The van der Waals surface area contributed by atoms with E-state index in [4.69, 9.17) is 21.1 Å². The minimum atomic E-state index is -1.77. The van der Waals surface area contributed by atoms with Crippen molar-refractivity contribution in [2.45, 2.75) is 24.4 Å². The van der Waals surface area contributed by atoms with Crippen LogP contribution < -0.4 is 11.6 Å². The minimum Gasteiger partial charge on any atom is -0.394 e. The molecule has 14 heavy (non-hydrogen) atoms. The summed E-state index contributed by atoms with van der Waals surface area (Å²) in [5, 5.41) is 35.6. The lowest BCUT2D eigenvalue weighted by molar-refractivity contribution is -0.153. The molecule has 0 fully saturated rings. The van der Waals surface area contributed by atoms with Crippen LogP contribution in [0.3, 0.4) is 0 Å². The smallest absolute Gasteiger partial charge is 0.344 e. The Morgan fingerprint density at radius 2 is 1.79 bits per heavy atom. The number of hydrogen-bond donors (Lipinski definition) is 6. The molecule has 84 valence electrons. The Morgan fingerprint density at radius 1 is 1.29 bits per heavy atom. The highest BCUT2D eigenvalue weighted by molar-refractivity contribution is 5.75. The maximum Gasteiger partial charge on any atom is 0.344 e. The van der Waals surface area contributed by atoms with E-state index in [1.807, 2.05) is 0 Å². The molecule has 0 saturated heterocycles. The molecule has 0 amide bonds. The van der Waals surface area contributed by atoms with Gasteiger partial charge in [0, 0.05) is 0 Å². The second-order valence-electron chi connectivity index (χ2n) is 2.69. The van der Waals surface area contributed by atoms with Gasteiger partial charge in [-0.3, -0.25) is 0 Å². The summed E-state index contributed by atoms with van der Waals surface area (Å²) >= 11 is 0. The van der Waals surface area contributed by atoms with Crippen LogP contribution in [0.2, 0.25) is 0 Å². The predicted molar refractivity (Wildman–Crippen MR) is 43.4 cm³/mol. The zero-order chi connectivity index (χ0) is 11.3. The summed E-state index contributed by atoms with van der Waals surface area (Å²) in [6.07, 6.45) is -5.12. The Balaban J connectivity index is 4.30. The second kappa shape index (κ2) is 5.86. The summed E-state index contributed by atoms with van der Waals surface area (Å²) in [5.74, 6) is 3.35. The van der Waals surface area contributed by atoms with Crippen LogP contribution in [0.15, 0.2) is 0 Å². The lowest BCUT2D eigenvalue weighted by Gasteiger charge is -2.24. The Morgan fingerprint density at radius 3 is 2.14 bits per heavy atom. The topological polar surface area (TPSA) is 159 Å². The summed E-state index contributed by atoms with van der Waals surface area (Å²) in [6, 6.07) is -1.59. The van der Waals surface area contributed by atoms with Crippen LogP contribution in [-0.2, 0) is 9.63 Å². The van der Waals surface area contributed by atoms with Gasteiger partial charge in [0.2, 0.25) is 0 Å². The Bertz CT molecular complexity index is 189.